The third kappa shape index (κ3) is 2.65. The van der Waals surface area contributed by atoms with Crippen LogP contribution in [0.25, 0.3) is 0 Å². The number of nitrogens with zero attached hydrogens (tertiary/aromatic N) is 2. The highest BCUT2D eigenvalue weighted by Gasteiger charge is 2.30. The molecule has 0 bridgehead atoms. The maximum Gasteiger partial charge on any atom is 0.422 e. The predicted molar refractivity (Wildman–Crippen MR) is 46.5 cm³/mol. The van der Waals surface area contributed by atoms with Gasteiger partial charge in [-0.05, 0) is 6.92 Å². The number of carbonyl (C=O) groups is 1. The van der Waals surface area contributed by atoms with Crippen LogP contribution >= 0.6 is 0 Å². The summed E-state index contributed by atoms with van der Waals surface area (Å²) in [5.41, 5.74) is -0.251. The Kier molecular flexibility index (Phi) is 3.11. The molecular weight excluding hydrogens is 229 g/mol. The summed E-state index contributed by atoms with van der Waals surface area (Å²) in [6.07, 6.45) is -4.47. The van der Waals surface area contributed by atoms with E-state index in [0.29, 0.717) is 0 Å². The zero-order valence-corrected chi connectivity index (χ0v) is 8.50. The van der Waals surface area contributed by atoms with E-state index in [1.807, 2.05) is 0 Å². The smallest absolute Gasteiger partial charge is 0.422 e. The van der Waals surface area contributed by atoms with Crippen molar-refractivity contribution < 1.29 is 27.8 Å². The highest BCUT2D eigenvalue weighted by molar-refractivity contribution is 5.87. The van der Waals surface area contributed by atoms with Gasteiger partial charge in [0, 0.05) is 12.6 Å². The molecule has 1 rings (SSSR count). The molecule has 8 heteroatoms. The van der Waals surface area contributed by atoms with E-state index in [1.165, 1.54) is 14.0 Å². The molecule has 0 spiro atoms. The van der Waals surface area contributed by atoms with E-state index in [2.05, 4.69) is 9.84 Å². The van der Waals surface area contributed by atoms with Crippen LogP contribution in [0.15, 0.2) is 0 Å². The standard InChI is InChI=1S/C8H9F3N2O3/c1-4-5(7(14)15)12-13(2)6(4)16-3-8(9,10)11/h3H2,1-2H3,(H,14,15). The van der Waals surface area contributed by atoms with Gasteiger partial charge >= 0.3 is 12.1 Å². The number of ether oxygens (including phenoxy) is 1. The van der Waals surface area contributed by atoms with Crippen LogP contribution in [0.5, 0.6) is 5.88 Å². The largest absolute Gasteiger partial charge is 0.476 e. The summed E-state index contributed by atoms with van der Waals surface area (Å²) < 4.78 is 41.1. The molecule has 0 aliphatic rings. The molecule has 1 aromatic rings. The molecule has 0 amide bonds. The van der Waals surface area contributed by atoms with Gasteiger partial charge in [-0.15, -0.1) is 0 Å². The molecule has 1 N–H and O–H groups in total. The second-order valence-corrected chi connectivity index (χ2v) is 3.11. The molecule has 0 aliphatic heterocycles. The van der Waals surface area contributed by atoms with Gasteiger partial charge in [-0.25, -0.2) is 9.48 Å². The summed E-state index contributed by atoms with van der Waals surface area (Å²) in [7, 11) is 1.31. The van der Waals surface area contributed by atoms with Crippen LogP contribution in [-0.4, -0.2) is 33.6 Å². The second-order valence-electron chi connectivity index (χ2n) is 3.11. The normalized spacial score (nSPS) is 11.6. The summed E-state index contributed by atoms with van der Waals surface area (Å²) in [5.74, 6) is -1.51. The Balaban J connectivity index is 2.93. The summed E-state index contributed by atoms with van der Waals surface area (Å²) >= 11 is 0. The van der Waals surface area contributed by atoms with Crippen molar-refractivity contribution in [3.8, 4) is 5.88 Å². The zero-order valence-electron chi connectivity index (χ0n) is 8.50. The van der Waals surface area contributed by atoms with Crippen molar-refractivity contribution in [3.63, 3.8) is 0 Å². The van der Waals surface area contributed by atoms with Crippen LogP contribution in [-0.2, 0) is 7.05 Å². The van der Waals surface area contributed by atoms with Gasteiger partial charge in [0.1, 0.15) is 0 Å². The molecule has 0 fully saturated rings. The topological polar surface area (TPSA) is 64.3 Å². The minimum Gasteiger partial charge on any atom is -0.476 e. The lowest BCUT2D eigenvalue weighted by Crippen LogP contribution is -2.20. The maximum atomic E-state index is 11.9. The van der Waals surface area contributed by atoms with Crippen molar-refractivity contribution >= 4 is 5.97 Å². The minimum atomic E-state index is -4.47. The third-order valence-corrected chi connectivity index (χ3v) is 1.80. The Labute approximate surface area is 88.4 Å². The molecule has 0 aromatic carbocycles. The van der Waals surface area contributed by atoms with Crippen LogP contribution < -0.4 is 4.74 Å². The second kappa shape index (κ2) is 4.03. The molecule has 1 aromatic heterocycles. The number of alkyl halides is 3. The lowest BCUT2D eigenvalue weighted by Gasteiger charge is -2.09. The first kappa shape index (κ1) is 12.3. The van der Waals surface area contributed by atoms with Crippen molar-refractivity contribution in [2.24, 2.45) is 7.05 Å². The Morgan fingerprint density at radius 2 is 2.12 bits per heavy atom. The molecule has 16 heavy (non-hydrogen) atoms. The van der Waals surface area contributed by atoms with Gasteiger partial charge in [-0.3, -0.25) is 0 Å². The van der Waals surface area contributed by atoms with E-state index in [4.69, 9.17) is 5.11 Å². The van der Waals surface area contributed by atoms with Crippen molar-refractivity contribution in [2.75, 3.05) is 6.61 Å². The summed E-state index contributed by atoms with van der Waals surface area (Å²) in [5, 5.41) is 12.2. The molecular formula is C8H9F3N2O3. The molecule has 0 unspecified atom stereocenters. The number of hydrogen-bond acceptors (Lipinski definition) is 3. The van der Waals surface area contributed by atoms with Crippen LogP contribution in [0.4, 0.5) is 13.2 Å². The van der Waals surface area contributed by atoms with Crippen molar-refractivity contribution in [1.82, 2.24) is 9.78 Å². The zero-order chi connectivity index (χ0) is 12.5. The average Bonchev–Trinajstić information content (AvgIpc) is 2.38. The van der Waals surface area contributed by atoms with E-state index in [1.54, 1.807) is 0 Å². The first-order valence-corrected chi connectivity index (χ1v) is 4.19. The van der Waals surface area contributed by atoms with Crippen LogP contribution in [0.1, 0.15) is 16.1 Å². The number of halogens is 3. The Morgan fingerprint density at radius 3 is 2.50 bits per heavy atom. The van der Waals surface area contributed by atoms with E-state index in [9.17, 15) is 18.0 Å². The number of rotatable bonds is 3. The molecule has 0 radical (unpaired) electrons. The van der Waals surface area contributed by atoms with E-state index < -0.39 is 18.8 Å². The number of hydrogen-bond donors (Lipinski definition) is 1. The minimum absolute atomic E-state index is 0.0687. The lowest BCUT2D eigenvalue weighted by molar-refractivity contribution is -0.154. The number of carboxylic acids is 1. The predicted octanol–water partition coefficient (Wildman–Crippen LogP) is 1.37. The third-order valence-electron chi connectivity index (χ3n) is 1.80. The fraction of sp³-hybridized carbons (Fsp3) is 0.500. The molecule has 1 heterocycles. The van der Waals surface area contributed by atoms with E-state index in [0.717, 1.165) is 4.68 Å². The first-order valence-electron chi connectivity index (χ1n) is 4.19. The fourth-order valence-electron chi connectivity index (χ4n) is 1.17. The Hall–Kier alpha value is -1.73. The molecule has 5 nitrogen and oxygen atoms in total. The van der Waals surface area contributed by atoms with E-state index in [-0.39, 0.29) is 17.1 Å². The first-order chi connectivity index (χ1) is 7.22. The van der Waals surface area contributed by atoms with Crippen LogP contribution in [0.2, 0.25) is 0 Å². The fourth-order valence-corrected chi connectivity index (χ4v) is 1.17. The maximum absolute atomic E-state index is 11.9. The number of aromatic nitrogens is 2. The molecule has 0 aliphatic carbocycles. The Bertz CT molecular complexity index is 411. The number of aromatic carboxylic acids is 1. The number of carboxylic acid groups (broad SMARTS) is 1. The highest BCUT2D eigenvalue weighted by Crippen LogP contribution is 2.23. The van der Waals surface area contributed by atoms with Gasteiger partial charge in [-0.2, -0.15) is 18.3 Å². The monoisotopic (exact) mass is 238 g/mol. The molecule has 0 saturated carbocycles. The SMILES string of the molecule is Cc1c(C(=O)O)nn(C)c1OCC(F)(F)F. The van der Waals surface area contributed by atoms with Crippen molar-refractivity contribution in [2.45, 2.75) is 13.1 Å². The van der Waals surface area contributed by atoms with E-state index >= 15 is 0 Å². The van der Waals surface area contributed by atoms with Gasteiger partial charge in [0.25, 0.3) is 0 Å². The molecule has 0 saturated heterocycles. The highest BCUT2D eigenvalue weighted by atomic mass is 19.4. The van der Waals surface area contributed by atoms with Gasteiger partial charge in [0.05, 0.1) is 0 Å². The van der Waals surface area contributed by atoms with Crippen molar-refractivity contribution in [3.05, 3.63) is 11.3 Å². The molecule has 90 valence electrons. The Morgan fingerprint density at radius 1 is 1.56 bits per heavy atom. The van der Waals surface area contributed by atoms with Gasteiger partial charge < -0.3 is 9.84 Å². The van der Waals surface area contributed by atoms with Gasteiger partial charge in [0.15, 0.2) is 12.3 Å². The summed E-state index contributed by atoms with van der Waals surface area (Å²) in [6, 6.07) is 0. The van der Waals surface area contributed by atoms with Crippen LogP contribution in [0, 0.1) is 6.92 Å². The molecule has 0 atom stereocenters. The quantitative estimate of drug-likeness (QED) is 0.863. The van der Waals surface area contributed by atoms with Crippen LogP contribution in [0.3, 0.4) is 0 Å². The van der Waals surface area contributed by atoms with Gasteiger partial charge in [0.2, 0.25) is 5.88 Å². The van der Waals surface area contributed by atoms with Crippen molar-refractivity contribution in [1.29, 1.82) is 0 Å². The summed E-state index contributed by atoms with van der Waals surface area (Å²) in [4.78, 5) is 10.6. The lowest BCUT2D eigenvalue weighted by atomic mass is 10.3. The van der Waals surface area contributed by atoms with Gasteiger partial charge in [-0.1, -0.05) is 0 Å². The summed E-state index contributed by atoms with van der Waals surface area (Å²) in [6.45, 7) is -0.144. The number of aryl methyl sites for hydroxylation is 1. The average molecular weight is 238 g/mol.